The molecule has 92 valence electrons. The van der Waals surface area contributed by atoms with Crippen LogP contribution in [-0.2, 0) is 12.8 Å². The number of rotatable bonds is 1. The van der Waals surface area contributed by atoms with E-state index in [4.69, 9.17) is 5.73 Å². The molecule has 0 amide bonds. The maximum absolute atomic E-state index is 6.06. The number of pyridine rings is 1. The molecule has 2 N–H and O–H groups in total. The highest BCUT2D eigenvalue weighted by molar-refractivity contribution is 5.61. The second-order valence-corrected chi connectivity index (χ2v) is 4.76. The highest BCUT2D eigenvalue weighted by Crippen LogP contribution is 2.27. The van der Waals surface area contributed by atoms with Gasteiger partial charge in [0, 0.05) is 29.2 Å². The van der Waals surface area contributed by atoms with E-state index in [0.717, 1.165) is 35.2 Å². The number of fused-ring (bicyclic) bond motifs is 1. The van der Waals surface area contributed by atoms with E-state index in [-0.39, 0.29) is 0 Å². The smallest absolute Gasteiger partial charge is 0.163 e. The Balaban J connectivity index is 2.14. The van der Waals surface area contributed by atoms with Crippen LogP contribution < -0.4 is 5.73 Å². The van der Waals surface area contributed by atoms with Gasteiger partial charge in [-0.25, -0.2) is 9.97 Å². The van der Waals surface area contributed by atoms with Gasteiger partial charge in [-0.15, -0.1) is 0 Å². The largest absolute Gasteiger partial charge is 0.383 e. The van der Waals surface area contributed by atoms with Crippen LogP contribution in [-0.4, -0.2) is 15.0 Å². The van der Waals surface area contributed by atoms with Gasteiger partial charge >= 0.3 is 0 Å². The predicted molar refractivity (Wildman–Crippen MR) is 71.1 cm³/mol. The lowest BCUT2D eigenvalue weighted by Gasteiger charge is -2.17. The Kier molecular flexibility index (Phi) is 2.70. The summed E-state index contributed by atoms with van der Waals surface area (Å²) in [5, 5.41) is 0. The fourth-order valence-corrected chi connectivity index (χ4v) is 2.44. The van der Waals surface area contributed by atoms with Crippen LogP contribution in [0.3, 0.4) is 0 Å². The van der Waals surface area contributed by atoms with Crippen molar-refractivity contribution >= 4 is 5.82 Å². The quantitative estimate of drug-likeness (QED) is 0.830. The third-order valence-corrected chi connectivity index (χ3v) is 3.50. The Morgan fingerprint density at radius 2 is 2.00 bits per heavy atom. The van der Waals surface area contributed by atoms with Gasteiger partial charge in [0.1, 0.15) is 5.82 Å². The monoisotopic (exact) mass is 240 g/mol. The maximum Gasteiger partial charge on any atom is 0.163 e. The first kappa shape index (κ1) is 11.1. The Morgan fingerprint density at radius 3 is 2.83 bits per heavy atom. The van der Waals surface area contributed by atoms with Gasteiger partial charge in [-0.3, -0.25) is 4.98 Å². The second kappa shape index (κ2) is 4.37. The van der Waals surface area contributed by atoms with Crippen LogP contribution >= 0.6 is 0 Å². The van der Waals surface area contributed by atoms with Crippen LogP contribution in [0.2, 0.25) is 0 Å². The molecule has 4 nitrogen and oxygen atoms in total. The van der Waals surface area contributed by atoms with E-state index in [0.29, 0.717) is 11.6 Å². The molecule has 0 spiro atoms. The molecule has 2 aromatic rings. The third kappa shape index (κ3) is 1.83. The van der Waals surface area contributed by atoms with E-state index in [2.05, 4.69) is 15.0 Å². The van der Waals surface area contributed by atoms with Crippen LogP contribution in [0.5, 0.6) is 0 Å². The summed E-state index contributed by atoms with van der Waals surface area (Å²) >= 11 is 0. The molecule has 2 heterocycles. The van der Waals surface area contributed by atoms with Gasteiger partial charge in [0.2, 0.25) is 0 Å². The molecular formula is C14H16N4. The minimum Gasteiger partial charge on any atom is -0.383 e. The minimum atomic E-state index is 0.637. The molecule has 0 saturated heterocycles. The number of aromatic nitrogens is 3. The number of hydrogen-bond donors (Lipinski definition) is 1. The van der Waals surface area contributed by atoms with Crippen molar-refractivity contribution in [3.8, 4) is 11.4 Å². The fraction of sp³-hybridized carbons (Fsp3) is 0.357. The lowest BCUT2D eigenvalue weighted by atomic mass is 9.96. The molecule has 1 aliphatic rings. The number of nitrogen functional groups attached to an aromatic ring is 1. The van der Waals surface area contributed by atoms with E-state index in [9.17, 15) is 0 Å². The summed E-state index contributed by atoms with van der Waals surface area (Å²) in [7, 11) is 0. The van der Waals surface area contributed by atoms with Crippen molar-refractivity contribution in [2.24, 2.45) is 0 Å². The molecule has 1 aliphatic carbocycles. The van der Waals surface area contributed by atoms with Crippen LogP contribution in [0.15, 0.2) is 18.5 Å². The molecular weight excluding hydrogens is 224 g/mol. The molecule has 0 fully saturated rings. The van der Waals surface area contributed by atoms with Gasteiger partial charge < -0.3 is 5.73 Å². The fourth-order valence-electron chi connectivity index (χ4n) is 2.44. The zero-order valence-corrected chi connectivity index (χ0v) is 10.5. The van der Waals surface area contributed by atoms with Crippen molar-refractivity contribution in [2.45, 2.75) is 32.6 Å². The molecule has 4 heteroatoms. The summed E-state index contributed by atoms with van der Waals surface area (Å²) in [4.78, 5) is 13.3. The minimum absolute atomic E-state index is 0.637. The van der Waals surface area contributed by atoms with Crippen LogP contribution in [0, 0.1) is 6.92 Å². The summed E-state index contributed by atoms with van der Waals surface area (Å²) in [6.45, 7) is 2.04. The molecule has 3 rings (SSSR count). The van der Waals surface area contributed by atoms with Crippen molar-refractivity contribution in [2.75, 3.05) is 5.73 Å². The third-order valence-electron chi connectivity index (χ3n) is 3.50. The van der Waals surface area contributed by atoms with Crippen molar-refractivity contribution in [1.29, 1.82) is 0 Å². The highest BCUT2D eigenvalue weighted by Gasteiger charge is 2.17. The van der Waals surface area contributed by atoms with E-state index >= 15 is 0 Å². The van der Waals surface area contributed by atoms with E-state index in [1.807, 2.05) is 13.0 Å². The van der Waals surface area contributed by atoms with E-state index < -0.39 is 0 Å². The van der Waals surface area contributed by atoms with Crippen molar-refractivity contribution in [1.82, 2.24) is 15.0 Å². The second-order valence-electron chi connectivity index (χ2n) is 4.76. The SMILES string of the molecule is Cc1ccncc1-c1nc(N)c2c(n1)CCCC2. The number of aryl methyl sites for hydroxylation is 2. The average molecular weight is 240 g/mol. The van der Waals surface area contributed by atoms with Gasteiger partial charge in [-0.2, -0.15) is 0 Å². The lowest BCUT2D eigenvalue weighted by molar-refractivity contribution is 0.666. The topological polar surface area (TPSA) is 64.7 Å². The maximum atomic E-state index is 6.06. The van der Waals surface area contributed by atoms with Crippen molar-refractivity contribution in [3.63, 3.8) is 0 Å². The van der Waals surface area contributed by atoms with Crippen molar-refractivity contribution < 1.29 is 0 Å². The summed E-state index contributed by atoms with van der Waals surface area (Å²) in [6.07, 6.45) is 7.97. The molecule has 0 atom stereocenters. The summed E-state index contributed by atoms with van der Waals surface area (Å²) in [6, 6.07) is 1.97. The molecule has 0 aromatic carbocycles. The predicted octanol–water partition coefficient (Wildman–Crippen LogP) is 2.31. The zero-order chi connectivity index (χ0) is 12.5. The first-order valence-corrected chi connectivity index (χ1v) is 6.32. The molecule has 0 radical (unpaired) electrons. The van der Waals surface area contributed by atoms with Crippen molar-refractivity contribution in [3.05, 3.63) is 35.3 Å². The standard InChI is InChI=1S/C14H16N4/c1-9-6-7-16-8-11(9)14-17-12-5-3-2-4-10(12)13(15)18-14/h6-8H,2-5H2,1H3,(H2,15,17,18). The first-order valence-electron chi connectivity index (χ1n) is 6.32. The Morgan fingerprint density at radius 1 is 1.17 bits per heavy atom. The number of nitrogens with zero attached hydrogens (tertiary/aromatic N) is 3. The van der Waals surface area contributed by atoms with Gasteiger partial charge in [-0.1, -0.05) is 0 Å². The number of anilines is 1. The lowest BCUT2D eigenvalue weighted by Crippen LogP contribution is -2.12. The molecule has 2 aromatic heterocycles. The number of nitrogens with two attached hydrogens (primary N) is 1. The van der Waals surface area contributed by atoms with Crippen LogP contribution in [0.1, 0.15) is 29.7 Å². The zero-order valence-electron chi connectivity index (χ0n) is 10.5. The molecule has 18 heavy (non-hydrogen) atoms. The Hall–Kier alpha value is -1.97. The number of hydrogen-bond acceptors (Lipinski definition) is 4. The van der Waals surface area contributed by atoms with E-state index in [1.54, 1.807) is 12.4 Å². The van der Waals surface area contributed by atoms with Crippen LogP contribution in [0.4, 0.5) is 5.82 Å². The van der Waals surface area contributed by atoms with Crippen LogP contribution in [0.25, 0.3) is 11.4 Å². The Bertz CT molecular complexity index is 592. The highest BCUT2D eigenvalue weighted by atomic mass is 15.0. The van der Waals surface area contributed by atoms with Gasteiger partial charge in [-0.05, 0) is 44.2 Å². The molecule has 0 unspecified atom stereocenters. The normalized spacial score (nSPS) is 14.3. The van der Waals surface area contributed by atoms with Gasteiger partial charge in [0.15, 0.2) is 5.82 Å². The van der Waals surface area contributed by atoms with Gasteiger partial charge in [0.25, 0.3) is 0 Å². The van der Waals surface area contributed by atoms with Gasteiger partial charge in [0.05, 0.1) is 0 Å². The Labute approximate surface area is 106 Å². The molecule has 0 aliphatic heterocycles. The summed E-state index contributed by atoms with van der Waals surface area (Å²) < 4.78 is 0. The summed E-state index contributed by atoms with van der Waals surface area (Å²) in [5.74, 6) is 1.34. The summed E-state index contributed by atoms with van der Waals surface area (Å²) in [5.41, 5.74) is 10.4. The average Bonchev–Trinajstić information content (AvgIpc) is 2.39. The van der Waals surface area contributed by atoms with E-state index in [1.165, 1.54) is 12.8 Å². The first-order chi connectivity index (χ1) is 8.75. The molecule has 0 saturated carbocycles. The molecule has 0 bridgehead atoms.